The highest BCUT2D eigenvalue weighted by Gasteiger charge is 2.11. The van der Waals surface area contributed by atoms with Gasteiger partial charge < -0.3 is 14.6 Å². The predicted molar refractivity (Wildman–Crippen MR) is 76.9 cm³/mol. The molecule has 106 valence electrons. The Bertz CT molecular complexity index is 582. The number of aliphatic hydroxyl groups excluding tert-OH is 1. The number of methoxy groups -OCH3 is 1. The fraction of sp³-hybridized carbons (Fsp3) is 0.312. The molecule has 2 aromatic rings. The first-order chi connectivity index (χ1) is 9.61. The fourth-order valence-electron chi connectivity index (χ4n) is 1.93. The molecule has 0 aliphatic carbocycles. The van der Waals surface area contributed by atoms with E-state index in [1.54, 1.807) is 32.4 Å². The van der Waals surface area contributed by atoms with Gasteiger partial charge in [0.15, 0.2) is 0 Å². The second kappa shape index (κ2) is 6.39. The number of nitrogens with zero attached hydrogens (tertiary/aromatic N) is 1. The summed E-state index contributed by atoms with van der Waals surface area (Å²) in [6, 6.07) is 9.28. The number of aliphatic hydroxyl groups is 1. The monoisotopic (exact) mass is 273 g/mol. The minimum Gasteiger partial charge on any atom is -0.497 e. The second-order valence-corrected chi connectivity index (χ2v) is 4.64. The van der Waals surface area contributed by atoms with E-state index in [0.717, 1.165) is 16.8 Å². The van der Waals surface area contributed by atoms with Crippen LogP contribution in [-0.2, 0) is 6.61 Å². The lowest BCUT2D eigenvalue weighted by atomic mass is 10.1. The molecule has 0 spiro atoms. The maximum Gasteiger partial charge on any atom is 0.130 e. The van der Waals surface area contributed by atoms with Gasteiger partial charge in [0, 0.05) is 17.8 Å². The zero-order valence-corrected chi connectivity index (χ0v) is 12.0. The van der Waals surface area contributed by atoms with E-state index in [-0.39, 0.29) is 0 Å². The molecule has 0 saturated carbocycles. The van der Waals surface area contributed by atoms with Crippen molar-refractivity contribution in [1.29, 1.82) is 0 Å². The van der Waals surface area contributed by atoms with Crippen molar-refractivity contribution in [3.05, 3.63) is 53.3 Å². The molecule has 0 radical (unpaired) electrons. The topological polar surface area (TPSA) is 51.6 Å². The molecule has 0 saturated heterocycles. The molecule has 0 amide bonds. The van der Waals surface area contributed by atoms with Crippen molar-refractivity contribution < 1.29 is 14.6 Å². The third-order valence-electron chi connectivity index (χ3n) is 3.15. The van der Waals surface area contributed by atoms with Crippen LogP contribution in [0.4, 0.5) is 0 Å². The van der Waals surface area contributed by atoms with Gasteiger partial charge in [-0.25, -0.2) is 0 Å². The summed E-state index contributed by atoms with van der Waals surface area (Å²) in [4.78, 5) is 4.29. The maximum atomic E-state index is 9.78. The SMILES string of the molecule is COc1ccc(C(C)O)c(OCc2ncccc2C)c1. The maximum absolute atomic E-state index is 9.78. The van der Waals surface area contributed by atoms with Gasteiger partial charge in [0.05, 0.1) is 18.9 Å². The van der Waals surface area contributed by atoms with Gasteiger partial charge in [-0.1, -0.05) is 6.07 Å². The Balaban J connectivity index is 2.21. The number of benzene rings is 1. The van der Waals surface area contributed by atoms with E-state index in [2.05, 4.69) is 4.98 Å². The Kier molecular flexibility index (Phi) is 4.58. The highest BCUT2D eigenvalue weighted by Crippen LogP contribution is 2.30. The Morgan fingerprint density at radius 2 is 2.10 bits per heavy atom. The minimum absolute atomic E-state index is 0.361. The van der Waals surface area contributed by atoms with Crippen molar-refractivity contribution >= 4 is 0 Å². The van der Waals surface area contributed by atoms with Gasteiger partial charge in [0.25, 0.3) is 0 Å². The van der Waals surface area contributed by atoms with Gasteiger partial charge in [-0.3, -0.25) is 4.98 Å². The summed E-state index contributed by atoms with van der Waals surface area (Å²) in [7, 11) is 1.60. The van der Waals surface area contributed by atoms with Gasteiger partial charge >= 0.3 is 0 Å². The quantitative estimate of drug-likeness (QED) is 0.909. The molecule has 1 N–H and O–H groups in total. The van der Waals surface area contributed by atoms with Crippen molar-refractivity contribution in [2.45, 2.75) is 26.6 Å². The third-order valence-corrected chi connectivity index (χ3v) is 3.15. The van der Waals surface area contributed by atoms with Crippen LogP contribution in [0.1, 0.15) is 29.8 Å². The number of hydrogen-bond donors (Lipinski definition) is 1. The summed E-state index contributed by atoms with van der Waals surface area (Å²) in [6.07, 6.45) is 1.15. The Hall–Kier alpha value is -2.07. The standard InChI is InChI=1S/C16H19NO3/c1-11-5-4-8-17-15(11)10-20-16-9-13(19-3)6-7-14(16)12(2)18/h4-9,12,18H,10H2,1-3H3. The van der Waals surface area contributed by atoms with Crippen LogP contribution >= 0.6 is 0 Å². The third kappa shape index (κ3) is 3.27. The van der Waals surface area contributed by atoms with Crippen molar-refractivity contribution in [3.63, 3.8) is 0 Å². The average molecular weight is 273 g/mol. The number of aryl methyl sites for hydroxylation is 1. The van der Waals surface area contributed by atoms with E-state index in [9.17, 15) is 5.11 Å². The molecule has 0 bridgehead atoms. The predicted octanol–water partition coefficient (Wildman–Crippen LogP) is 3.03. The highest BCUT2D eigenvalue weighted by molar-refractivity contribution is 5.42. The first-order valence-corrected chi connectivity index (χ1v) is 6.51. The second-order valence-electron chi connectivity index (χ2n) is 4.64. The summed E-state index contributed by atoms with van der Waals surface area (Å²) >= 11 is 0. The Morgan fingerprint density at radius 3 is 2.75 bits per heavy atom. The number of ether oxygens (including phenoxy) is 2. The Labute approximate surface area is 119 Å². The van der Waals surface area contributed by atoms with Crippen LogP contribution in [0, 0.1) is 6.92 Å². The summed E-state index contributed by atoms with van der Waals surface area (Å²) in [5.74, 6) is 1.31. The summed E-state index contributed by atoms with van der Waals surface area (Å²) in [5, 5.41) is 9.78. The summed E-state index contributed by atoms with van der Waals surface area (Å²) < 4.78 is 11.0. The number of hydrogen-bond acceptors (Lipinski definition) is 4. The highest BCUT2D eigenvalue weighted by atomic mass is 16.5. The molecule has 4 heteroatoms. The molecular formula is C16H19NO3. The van der Waals surface area contributed by atoms with Crippen LogP contribution in [0.25, 0.3) is 0 Å². The molecule has 1 unspecified atom stereocenters. The summed E-state index contributed by atoms with van der Waals surface area (Å²) in [6.45, 7) is 4.06. The van der Waals surface area contributed by atoms with Crippen molar-refractivity contribution in [2.24, 2.45) is 0 Å². The lowest BCUT2D eigenvalue weighted by molar-refractivity contribution is 0.189. The van der Waals surface area contributed by atoms with Gasteiger partial charge in [-0.15, -0.1) is 0 Å². The van der Waals surface area contributed by atoms with Crippen molar-refractivity contribution in [1.82, 2.24) is 4.98 Å². The van der Waals surface area contributed by atoms with E-state index in [1.165, 1.54) is 0 Å². The van der Waals surface area contributed by atoms with Crippen LogP contribution in [0.3, 0.4) is 0 Å². The van der Waals surface area contributed by atoms with Gasteiger partial charge in [-0.2, -0.15) is 0 Å². The first-order valence-electron chi connectivity index (χ1n) is 6.51. The number of rotatable bonds is 5. The molecule has 2 rings (SSSR count). The normalized spacial score (nSPS) is 12.0. The molecule has 1 heterocycles. The van der Waals surface area contributed by atoms with Crippen molar-refractivity contribution in [3.8, 4) is 11.5 Å². The lowest BCUT2D eigenvalue weighted by Crippen LogP contribution is -2.04. The van der Waals surface area contributed by atoms with E-state index >= 15 is 0 Å². The molecule has 1 aromatic heterocycles. The molecule has 0 fully saturated rings. The fourth-order valence-corrected chi connectivity index (χ4v) is 1.93. The minimum atomic E-state index is -0.597. The zero-order chi connectivity index (χ0) is 14.5. The van der Waals surface area contributed by atoms with E-state index in [4.69, 9.17) is 9.47 Å². The zero-order valence-electron chi connectivity index (χ0n) is 12.0. The van der Waals surface area contributed by atoms with E-state index < -0.39 is 6.10 Å². The first kappa shape index (κ1) is 14.3. The number of aromatic nitrogens is 1. The van der Waals surface area contributed by atoms with Crippen LogP contribution in [0.5, 0.6) is 11.5 Å². The molecular weight excluding hydrogens is 254 g/mol. The molecule has 0 aliphatic heterocycles. The van der Waals surface area contributed by atoms with Crippen LogP contribution < -0.4 is 9.47 Å². The van der Waals surface area contributed by atoms with Gasteiger partial charge in [0.2, 0.25) is 0 Å². The molecule has 1 atom stereocenters. The van der Waals surface area contributed by atoms with Gasteiger partial charge in [0.1, 0.15) is 18.1 Å². The summed E-state index contributed by atoms with van der Waals surface area (Å²) in [5.41, 5.74) is 2.69. The van der Waals surface area contributed by atoms with E-state index in [1.807, 2.05) is 25.1 Å². The van der Waals surface area contributed by atoms with Crippen LogP contribution in [0.15, 0.2) is 36.5 Å². The van der Waals surface area contributed by atoms with Crippen LogP contribution in [0.2, 0.25) is 0 Å². The average Bonchev–Trinajstić information content (AvgIpc) is 2.46. The molecule has 20 heavy (non-hydrogen) atoms. The van der Waals surface area contributed by atoms with Crippen LogP contribution in [-0.4, -0.2) is 17.2 Å². The number of pyridine rings is 1. The van der Waals surface area contributed by atoms with Crippen molar-refractivity contribution in [2.75, 3.05) is 7.11 Å². The van der Waals surface area contributed by atoms with E-state index in [0.29, 0.717) is 18.1 Å². The molecule has 0 aliphatic rings. The largest absolute Gasteiger partial charge is 0.497 e. The molecule has 1 aromatic carbocycles. The Morgan fingerprint density at radius 1 is 1.30 bits per heavy atom. The smallest absolute Gasteiger partial charge is 0.130 e. The lowest BCUT2D eigenvalue weighted by Gasteiger charge is -2.15. The molecule has 4 nitrogen and oxygen atoms in total. The van der Waals surface area contributed by atoms with Gasteiger partial charge in [-0.05, 0) is 37.6 Å².